The van der Waals surface area contributed by atoms with Crippen molar-refractivity contribution in [2.24, 2.45) is 5.92 Å². The smallest absolute Gasteiger partial charge is 0.236 e. The molecule has 2 heterocycles. The Balaban J connectivity index is 1.69. The molecule has 1 amide bonds. The van der Waals surface area contributed by atoms with Crippen LogP contribution in [0, 0.1) is 5.92 Å². The van der Waals surface area contributed by atoms with Crippen molar-refractivity contribution in [3.63, 3.8) is 0 Å². The van der Waals surface area contributed by atoms with Crippen LogP contribution in [0.25, 0.3) is 0 Å². The van der Waals surface area contributed by atoms with Crippen LogP contribution in [0.2, 0.25) is 5.02 Å². The lowest BCUT2D eigenvalue weighted by atomic mass is 9.80. The van der Waals surface area contributed by atoms with Crippen LogP contribution in [0.4, 0.5) is 5.69 Å². The largest absolute Gasteiger partial charge is 0.467 e. The molecule has 5 nitrogen and oxygen atoms in total. The minimum absolute atomic E-state index is 0.160. The van der Waals surface area contributed by atoms with Gasteiger partial charge in [0.2, 0.25) is 5.91 Å². The lowest BCUT2D eigenvalue weighted by molar-refractivity contribution is -0.132. The van der Waals surface area contributed by atoms with Crippen LogP contribution in [0.3, 0.4) is 0 Å². The molecule has 2 aromatic carbocycles. The molecule has 0 spiro atoms. The Morgan fingerprint density at radius 1 is 1.24 bits per heavy atom. The molecule has 0 aromatic heterocycles. The molecule has 25 heavy (non-hydrogen) atoms. The highest BCUT2D eigenvalue weighted by molar-refractivity contribution is 7.80. The Morgan fingerprint density at radius 3 is 2.72 bits per heavy atom. The minimum Gasteiger partial charge on any atom is -0.467 e. The number of thiocarbonyl (C=S) groups is 1. The maximum atomic E-state index is 13.0. The summed E-state index contributed by atoms with van der Waals surface area (Å²) in [6, 6.07) is 14.4. The first-order valence-corrected chi connectivity index (χ1v) is 8.68. The minimum atomic E-state index is -0.933. The predicted molar refractivity (Wildman–Crippen MR) is 101 cm³/mol. The van der Waals surface area contributed by atoms with Crippen molar-refractivity contribution >= 4 is 40.5 Å². The Bertz CT molecular complexity index is 858. The number of fused-ring (bicyclic) bond motifs is 4. The van der Waals surface area contributed by atoms with E-state index in [9.17, 15) is 4.79 Å². The van der Waals surface area contributed by atoms with E-state index in [1.165, 1.54) is 0 Å². The van der Waals surface area contributed by atoms with Crippen molar-refractivity contribution in [3.05, 3.63) is 59.1 Å². The molecular weight excluding hydrogens is 358 g/mol. The van der Waals surface area contributed by atoms with E-state index >= 15 is 0 Å². The Hall–Kier alpha value is -2.31. The van der Waals surface area contributed by atoms with Gasteiger partial charge in [-0.1, -0.05) is 29.8 Å². The van der Waals surface area contributed by atoms with Crippen molar-refractivity contribution in [1.82, 2.24) is 10.6 Å². The van der Waals surface area contributed by atoms with Gasteiger partial charge in [0.1, 0.15) is 11.7 Å². The second-order valence-electron chi connectivity index (χ2n) is 6.30. The first kappa shape index (κ1) is 16.2. The third-order valence-electron chi connectivity index (χ3n) is 4.55. The molecule has 7 heteroatoms. The van der Waals surface area contributed by atoms with Crippen LogP contribution in [0.15, 0.2) is 48.5 Å². The molecule has 1 fully saturated rings. The lowest BCUT2D eigenvalue weighted by Crippen LogP contribution is -2.70. The molecule has 3 N–H and O–H groups in total. The number of rotatable bonds is 2. The highest BCUT2D eigenvalue weighted by Gasteiger charge is 2.54. The summed E-state index contributed by atoms with van der Waals surface area (Å²) in [5.74, 6) is 0.0737. The number of benzene rings is 2. The highest BCUT2D eigenvalue weighted by Crippen LogP contribution is 2.44. The number of anilines is 1. The molecule has 3 unspecified atom stereocenters. The van der Waals surface area contributed by atoms with Gasteiger partial charge in [0, 0.05) is 16.3 Å². The average molecular weight is 374 g/mol. The van der Waals surface area contributed by atoms with E-state index in [1.54, 1.807) is 24.3 Å². The first-order valence-electron chi connectivity index (χ1n) is 7.89. The summed E-state index contributed by atoms with van der Waals surface area (Å²) in [5.41, 5.74) is 0.662. The monoisotopic (exact) mass is 373 g/mol. The highest BCUT2D eigenvalue weighted by atomic mass is 35.5. The number of para-hydroxylation sites is 1. The van der Waals surface area contributed by atoms with Gasteiger partial charge in [0.15, 0.2) is 10.8 Å². The lowest BCUT2D eigenvalue weighted by Gasteiger charge is -2.50. The SMILES string of the molecule is CC12NC(=S)NC(c3ccccc3O1)C2C(=O)Nc1ccc(Cl)cc1. The van der Waals surface area contributed by atoms with Gasteiger partial charge >= 0.3 is 0 Å². The molecule has 0 radical (unpaired) electrons. The van der Waals surface area contributed by atoms with Crippen LogP contribution in [0.5, 0.6) is 5.75 Å². The van der Waals surface area contributed by atoms with Crippen LogP contribution in [-0.4, -0.2) is 16.7 Å². The molecule has 0 aliphatic carbocycles. The van der Waals surface area contributed by atoms with E-state index < -0.39 is 11.6 Å². The maximum absolute atomic E-state index is 13.0. The Labute approximate surface area is 155 Å². The van der Waals surface area contributed by atoms with Crippen molar-refractivity contribution in [2.75, 3.05) is 5.32 Å². The van der Waals surface area contributed by atoms with Gasteiger partial charge < -0.3 is 20.7 Å². The third-order valence-corrected chi connectivity index (χ3v) is 5.02. The summed E-state index contributed by atoms with van der Waals surface area (Å²) in [5, 5.41) is 10.3. The van der Waals surface area contributed by atoms with E-state index in [4.69, 9.17) is 28.6 Å². The van der Waals surface area contributed by atoms with Gasteiger partial charge in [-0.25, -0.2) is 0 Å². The number of ether oxygens (including phenoxy) is 1. The topological polar surface area (TPSA) is 62.4 Å². The Kier molecular flexibility index (Phi) is 3.81. The zero-order valence-corrected chi connectivity index (χ0v) is 14.9. The average Bonchev–Trinajstić information content (AvgIpc) is 2.55. The van der Waals surface area contributed by atoms with Gasteiger partial charge in [-0.05, 0) is 49.5 Å². The molecule has 0 saturated carbocycles. The third kappa shape index (κ3) is 2.81. The number of amides is 1. The van der Waals surface area contributed by atoms with Gasteiger partial charge in [-0.3, -0.25) is 4.79 Å². The quantitative estimate of drug-likeness (QED) is 0.705. The summed E-state index contributed by atoms with van der Waals surface area (Å²) in [4.78, 5) is 13.0. The van der Waals surface area contributed by atoms with Crippen molar-refractivity contribution in [3.8, 4) is 5.75 Å². The van der Waals surface area contributed by atoms with Crippen LogP contribution < -0.4 is 20.7 Å². The fourth-order valence-corrected chi connectivity index (χ4v) is 3.90. The number of hydrogen-bond acceptors (Lipinski definition) is 3. The molecule has 128 valence electrons. The van der Waals surface area contributed by atoms with E-state index in [2.05, 4.69) is 16.0 Å². The fourth-order valence-electron chi connectivity index (χ4n) is 3.44. The Morgan fingerprint density at radius 2 is 1.96 bits per heavy atom. The van der Waals surface area contributed by atoms with Gasteiger partial charge in [0.25, 0.3) is 0 Å². The standard InChI is InChI=1S/C18H16ClN3O2S/c1-18-14(16(23)20-11-8-6-10(19)7-9-11)15(21-17(25)22-18)12-4-2-3-5-13(12)24-18/h2-9,14-15H,1H3,(H,20,23)(H2,21,22,25). The number of halogens is 1. The molecular formula is C18H16ClN3O2S. The number of hydrogen-bond donors (Lipinski definition) is 3. The summed E-state index contributed by atoms with van der Waals surface area (Å²) < 4.78 is 6.13. The second-order valence-corrected chi connectivity index (χ2v) is 7.14. The van der Waals surface area contributed by atoms with Crippen LogP contribution in [0.1, 0.15) is 18.5 Å². The molecule has 2 bridgehead atoms. The summed E-state index contributed by atoms with van der Waals surface area (Å²) in [6.07, 6.45) is 0. The van der Waals surface area contributed by atoms with E-state index in [0.29, 0.717) is 15.8 Å². The van der Waals surface area contributed by atoms with Crippen molar-refractivity contribution in [1.29, 1.82) is 0 Å². The summed E-state index contributed by atoms with van der Waals surface area (Å²) >= 11 is 11.2. The van der Waals surface area contributed by atoms with E-state index in [0.717, 1.165) is 11.3 Å². The molecule has 2 aliphatic heterocycles. The van der Waals surface area contributed by atoms with E-state index in [-0.39, 0.29) is 11.9 Å². The second kappa shape index (κ2) is 5.89. The molecule has 2 aromatic rings. The number of nitrogens with one attached hydrogen (secondary N) is 3. The predicted octanol–water partition coefficient (Wildman–Crippen LogP) is 3.22. The molecule has 1 saturated heterocycles. The maximum Gasteiger partial charge on any atom is 0.236 e. The van der Waals surface area contributed by atoms with Gasteiger partial charge in [0.05, 0.1) is 6.04 Å². The molecule has 4 rings (SSSR count). The fraction of sp³-hybridized carbons (Fsp3) is 0.222. The molecule has 3 atom stereocenters. The summed E-state index contributed by atoms with van der Waals surface area (Å²) in [7, 11) is 0. The van der Waals surface area contributed by atoms with Gasteiger partial charge in [-0.2, -0.15) is 0 Å². The number of carbonyl (C=O) groups is 1. The normalized spacial score (nSPS) is 26.6. The van der Waals surface area contributed by atoms with E-state index in [1.807, 2.05) is 31.2 Å². The number of carbonyl (C=O) groups excluding carboxylic acids is 1. The van der Waals surface area contributed by atoms with Crippen LogP contribution >= 0.6 is 23.8 Å². The molecule has 2 aliphatic rings. The first-order chi connectivity index (χ1) is 12.0. The summed E-state index contributed by atoms with van der Waals surface area (Å²) in [6.45, 7) is 1.84. The van der Waals surface area contributed by atoms with Gasteiger partial charge in [-0.15, -0.1) is 0 Å². The zero-order chi connectivity index (χ0) is 17.6. The van der Waals surface area contributed by atoms with Crippen molar-refractivity contribution < 1.29 is 9.53 Å². The zero-order valence-electron chi connectivity index (χ0n) is 13.4. The van der Waals surface area contributed by atoms with Crippen LogP contribution in [-0.2, 0) is 4.79 Å². The van der Waals surface area contributed by atoms with Crippen molar-refractivity contribution in [2.45, 2.75) is 18.7 Å².